The highest BCUT2D eigenvalue weighted by molar-refractivity contribution is 6.20. The molecule has 0 atom stereocenters. The summed E-state index contributed by atoms with van der Waals surface area (Å²) >= 11 is 0. The summed E-state index contributed by atoms with van der Waals surface area (Å²) in [6.07, 6.45) is 4.75. The van der Waals surface area contributed by atoms with Gasteiger partial charge in [0, 0.05) is 17.6 Å². The van der Waals surface area contributed by atoms with Crippen LogP contribution in [0, 0.1) is 13.8 Å². The summed E-state index contributed by atoms with van der Waals surface area (Å²) in [6, 6.07) is 16.5. The van der Waals surface area contributed by atoms with Crippen molar-refractivity contribution in [2.45, 2.75) is 20.3 Å². The van der Waals surface area contributed by atoms with Crippen molar-refractivity contribution >= 4 is 17.9 Å². The Bertz CT molecular complexity index is 665. The number of ketones is 1. The molecule has 21 heavy (non-hydrogen) atoms. The largest absolute Gasteiger partial charge is 0.289 e. The number of benzene rings is 2. The molecular weight excluding hydrogens is 256 g/mol. The Hall–Kier alpha value is -2.41. The zero-order chi connectivity index (χ0) is 14.8. The van der Waals surface area contributed by atoms with E-state index < -0.39 is 0 Å². The molecule has 0 aromatic heterocycles. The van der Waals surface area contributed by atoms with Gasteiger partial charge in [0.15, 0.2) is 5.78 Å². The monoisotopic (exact) mass is 274 g/mol. The number of hydrogen-bond donors (Lipinski definition) is 0. The van der Waals surface area contributed by atoms with Gasteiger partial charge in [-0.3, -0.25) is 4.79 Å². The summed E-state index contributed by atoms with van der Waals surface area (Å²) in [5.41, 5.74) is 6.46. The van der Waals surface area contributed by atoms with Crippen molar-refractivity contribution in [3.8, 4) is 0 Å². The number of carbonyl (C=O) groups is 1. The second-order valence-corrected chi connectivity index (χ2v) is 5.67. The van der Waals surface area contributed by atoms with E-state index in [0.29, 0.717) is 0 Å². The average Bonchev–Trinajstić information content (AvgIpc) is 2.49. The van der Waals surface area contributed by atoms with Gasteiger partial charge in [0.05, 0.1) is 0 Å². The van der Waals surface area contributed by atoms with Crippen LogP contribution in [-0.4, -0.2) is 5.78 Å². The normalized spacial score (nSPS) is 18.1. The smallest absolute Gasteiger partial charge is 0.185 e. The van der Waals surface area contributed by atoms with Crippen LogP contribution in [0.4, 0.5) is 0 Å². The maximum Gasteiger partial charge on any atom is 0.185 e. The quantitative estimate of drug-likeness (QED) is 0.723. The highest BCUT2D eigenvalue weighted by Gasteiger charge is 2.26. The number of Topliss-reactive ketones (excluding diaryl/α,β-unsaturated/α-hetero) is 1. The van der Waals surface area contributed by atoms with Crippen LogP contribution in [0.25, 0.3) is 12.2 Å². The van der Waals surface area contributed by atoms with E-state index in [1.807, 2.05) is 12.2 Å². The summed E-state index contributed by atoms with van der Waals surface area (Å²) in [4.78, 5) is 12.2. The van der Waals surface area contributed by atoms with Crippen molar-refractivity contribution in [3.63, 3.8) is 0 Å². The van der Waals surface area contributed by atoms with Gasteiger partial charge >= 0.3 is 0 Å². The summed E-state index contributed by atoms with van der Waals surface area (Å²) in [7, 11) is 0. The molecule has 2 aromatic rings. The van der Waals surface area contributed by atoms with Gasteiger partial charge in [-0.25, -0.2) is 0 Å². The maximum atomic E-state index is 12.2. The first kappa shape index (κ1) is 13.6. The Kier molecular flexibility index (Phi) is 3.57. The summed E-state index contributed by atoms with van der Waals surface area (Å²) in [5, 5.41) is 0. The van der Waals surface area contributed by atoms with Gasteiger partial charge in [0.1, 0.15) is 0 Å². The van der Waals surface area contributed by atoms with Crippen LogP contribution in [0.3, 0.4) is 0 Å². The number of aryl methyl sites for hydroxylation is 2. The van der Waals surface area contributed by atoms with Crippen molar-refractivity contribution in [2.75, 3.05) is 0 Å². The fourth-order valence-corrected chi connectivity index (χ4v) is 2.43. The molecule has 0 bridgehead atoms. The zero-order valence-electron chi connectivity index (χ0n) is 12.4. The molecule has 0 aliphatic heterocycles. The Morgan fingerprint density at radius 3 is 1.43 bits per heavy atom. The van der Waals surface area contributed by atoms with Gasteiger partial charge in [-0.1, -0.05) is 59.7 Å². The van der Waals surface area contributed by atoms with Crippen molar-refractivity contribution < 1.29 is 4.79 Å². The second-order valence-electron chi connectivity index (χ2n) is 5.67. The number of hydrogen-bond acceptors (Lipinski definition) is 1. The number of allylic oxidation sites excluding steroid dienone is 2. The van der Waals surface area contributed by atoms with Gasteiger partial charge in [0.2, 0.25) is 0 Å². The Balaban J connectivity index is 1.75. The third-order valence-electron chi connectivity index (χ3n) is 3.80. The molecule has 0 saturated heterocycles. The van der Waals surface area contributed by atoms with Gasteiger partial charge in [-0.2, -0.15) is 0 Å². The van der Waals surface area contributed by atoms with E-state index in [4.69, 9.17) is 0 Å². The van der Waals surface area contributed by atoms with E-state index >= 15 is 0 Å². The molecule has 0 heterocycles. The molecule has 104 valence electrons. The second kappa shape index (κ2) is 5.53. The molecule has 1 saturated carbocycles. The predicted molar refractivity (Wildman–Crippen MR) is 87.9 cm³/mol. The van der Waals surface area contributed by atoms with Crippen LogP contribution in [0.5, 0.6) is 0 Å². The third-order valence-corrected chi connectivity index (χ3v) is 3.80. The number of rotatable bonds is 2. The van der Waals surface area contributed by atoms with Gasteiger partial charge in [-0.05, 0) is 37.1 Å². The molecule has 2 aromatic carbocycles. The van der Waals surface area contributed by atoms with E-state index in [1.165, 1.54) is 11.1 Å². The predicted octanol–water partition coefficient (Wildman–Crippen LogP) is 4.74. The minimum Gasteiger partial charge on any atom is -0.289 e. The fraction of sp³-hybridized carbons (Fsp3) is 0.150. The average molecular weight is 274 g/mol. The van der Waals surface area contributed by atoms with E-state index in [2.05, 4.69) is 62.4 Å². The molecule has 1 heteroatoms. The molecule has 0 spiro atoms. The van der Waals surface area contributed by atoms with E-state index in [9.17, 15) is 4.79 Å². The Morgan fingerprint density at radius 2 is 1.10 bits per heavy atom. The molecular formula is C20H18O. The van der Waals surface area contributed by atoms with Crippen molar-refractivity contribution in [1.29, 1.82) is 0 Å². The summed E-state index contributed by atoms with van der Waals surface area (Å²) in [5.74, 6) is 0.177. The van der Waals surface area contributed by atoms with Gasteiger partial charge in [-0.15, -0.1) is 0 Å². The molecule has 1 fully saturated rings. The highest BCUT2D eigenvalue weighted by atomic mass is 16.1. The SMILES string of the molecule is Cc1ccc(/C=C2/C/C(=C\c3ccc(C)cc3)C2=O)cc1. The first-order chi connectivity index (χ1) is 10.1. The van der Waals surface area contributed by atoms with Gasteiger partial charge < -0.3 is 0 Å². The maximum absolute atomic E-state index is 12.2. The first-order valence-electron chi connectivity index (χ1n) is 7.21. The van der Waals surface area contributed by atoms with Crippen LogP contribution in [-0.2, 0) is 4.79 Å². The lowest BCUT2D eigenvalue weighted by Gasteiger charge is -2.20. The summed E-state index contributed by atoms with van der Waals surface area (Å²) in [6.45, 7) is 4.13. The molecule has 3 rings (SSSR count). The molecule has 1 aliphatic carbocycles. The zero-order valence-corrected chi connectivity index (χ0v) is 12.4. The molecule has 1 aliphatic rings. The van der Waals surface area contributed by atoms with Crippen LogP contribution in [0.2, 0.25) is 0 Å². The molecule has 0 radical (unpaired) electrons. The topological polar surface area (TPSA) is 17.1 Å². The lowest BCUT2D eigenvalue weighted by molar-refractivity contribution is -0.114. The minimum absolute atomic E-state index is 0.177. The minimum atomic E-state index is 0.177. The van der Waals surface area contributed by atoms with Gasteiger partial charge in [0.25, 0.3) is 0 Å². The standard InChI is InChI=1S/C20H18O/c1-14-3-7-16(8-4-14)11-18-13-19(20(18)21)12-17-9-5-15(2)6-10-17/h3-12H,13H2,1-2H3/b18-11-,19-12+. The van der Waals surface area contributed by atoms with Crippen molar-refractivity contribution in [2.24, 2.45) is 0 Å². The van der Waals surface area contributed by atoms with E-state index in [-0.39, 0.29) is 5.78 Å². The lowest BCUT2D eigenvalue weighted by Crippen LogP contribution is -2.18. The molecule has 0 N–H and O–H groups in total. The van der Waals surface area contributed by atoms with Crippen LogP contribution in [0.15, 0.2) is 59.7 Å². The third kappa shape index (κ3) is 3.03. The van der Waals surface area contributed by atoms with Crippen LogP contribution >= 0.6 is 0 Å². The Labute approximate surface area is 125 Å². The fourth-order valence-electron chi connectivity index (χ4n) is 2.43. The Morgan fingerprint density at radius 1 is 0.714 bits per heavy atom. The first-order valence-corrected chi connectivity index (χ1v) is 7.21. The van der Waals surface area contributed by atoms with E-state index in [1.54, 1.807) is 0 Å². The van der Waals surface area contributed by atoms with Crippen LogP contribution in [0.1, 0.15) is 28.7 Å². The highest BCUT2D eigenvalue weighted by Crippen LogP contribution is 2.31. The van der Waals surface area contributed by atoms with Crippen LogP contribution < -0.4 is 0 Å². The molecule has 1 nitrogen and oxygen atoms in total. The summed E-state index contributed by atoms with van der Waals surface area (Å²) < 4.78 is 0. The van der Waals surface area contributed by atoms with Crippen molar-refractivity contribution in [3.05, 3.63) is 81.9 Å². The lowest BCUT2D eigenvalue weighted by atomic mass is 9.82. The molecule has 0 amide bonds. The van der Waals surface area contributed by atoms with Crippen molar-refractivity contribution in [1.82, 2.24) is 0 Å². The van der Waals surface area contributed by atoms with E-state index in [0.717, 1.165) is 28.7 Å². The molecule has 0 unspecified atom stereocenters. The number of carbonyl (C=O) groups excluding carboxylic acids is 1.